The summed E-state index contributed by atoms with van der Waals surface area (Å²) in [5, 5.41) is 0. The fourth-order valence-electron chi connectivity index (χ4n) is 2.05. The van der Waals surface area contributed by atoms with Crippen molar-refractivity contribution in [2.24, 2.45) is 0 Å². The van der Waals surface area contributed by atoms with Crippen LogP contribution in [0.25, 0.3) is 11.2 Å². The monoisotopic (exact) mass is 277 g/mol. The fraction of sp³-hybridized carbons (Fsp3) is 0.143. The summed E-state index contributed by atoms with van der Waals surface area (Å²) in [6.07, 6.45) is 4.16. The predicted molar refractivity (Wildman–Crippen MR) is 67.6 cm³/mol. The molecule has 1 aromatic carbocycles. The van der Waals surface area contributed by atoms with Gasteiger partial charge in [-0.3, -0.25) is 0 Å². The number of hydrogen-bond acceptors (Lipinski definition) is 2. The molecule has 3 rings (SSSR count). The van der Waals surface area contributed by atoms with Gasteiger partial charge < -0.3 is 4.98 Å². The second kappa shape index (κ2) is 4.96. The van der Waals surface area contributed by atoms with Crippen molar-refractivity contribution in [2.75, 3.05) is 0 Å². The molecule has 0 atom stereocenters. The van der Waals surface area contributed by atoms with Gasteiger partial charge >= 0.3 is 0 Å². The van der Waals surface area contributed by atoms with Gasteiger partial charge in [-0.15, -0.1) is 0 Å². The Labute approximate surface area is 112 Å². The van der Waals surface area contributed by atoms with Crippen LogP contribution < -0.4 is 0 Å². The van der Waals surface area contributed by atoms with E-state index in [9.17, 15) is 13.2 Å². The molecule has 0 bridgehead atoms. The van der Waals surface area contributed by atoms with Crippen molar-refractivity contribution in [3.05, 3.63) is 59.3 Å². The van der Waals surface area contributed by atoms with Crippen LogP contribution in [0.15, 0.2) is 30.7 Å². The molecule has 2 heterocycles. The number of aromatic nitrogens is 3. The van der Waals surface area contributed by atoms with Crippen molar-refractivity contribution < 1.29 is 13.2 Å². The van der Waals surface area contributed by atoms with Crippen molar-refractivity contribution in [2.45, 2.75) is 12.8 Å². The second-order valence-corrected chi connectivity index (χ2v) is 4.49. The Balaban J connectivity index is 1.78. The third-order valence-electron chi connectivity index (χ3n) is 3.08. The number of aromatic amines is 1. The zero-order chi connectivity index (χ0) is 14.1. The number of aryl methyl sites for hydroxylation is 2. The van der Waals surface area contributed by atoms with Crippen molar-refractivity contribution in [3.8, 4) is 0 Å². The van der Waals surface area contributed by atoms with E-state index in [2.05, 4.69) is 15.0 Å². The molecule has 1 N–H and O–H groups in total. The highest BCUT2D eigenvalue weighted by Crippen LogP contribution is 2.16. The number of imidazole rings is 1. The Morgan fingerprint density at radius 1 is 0.900 bits per heavy atom. The summed E-state index contributed by atoms with van der Waals surface area (Å²) >= 11 is 0. The van der Waals surface area contributed by atoms with E-state index in [1.165, 1.54) is 0 Å². The first-order valence-corrected chi connectivity index (χ1v) is 6.05. The third-order valence-corrected chi connectivity index (χ3v) is 3.08. The number of nitrogens with zero attached hydrogens (tertiary/aromatic N) is 2. The minimum absolute atomic E-state index is 0.398. The number of rotatable bonds is 3. The van der Waals surface area contributed by atoms with Crippen LogP contribution in [0, 0.1) is 17.5 Å². The van der Waals surface area contributed by atoms with E-state index in [0.717, 1.165) is 23.2 Å². The highest BCUT2D eigenvalue weighted by Gasteiger charge is 2.10. The van der Waals surface area contributed by atoms with E-state index in [1.807, 2.05) is 6.07 Å². The highest BCUT2D eigenvalue weighted by atomic mass is 19.2. The summed E-state index contributed by atoms with van der Waals surface area (Å²) in [4.78, 5) is 11.1. The van der Waals surface area contributed by atoms with Crippen LogP contribution in [0.2, 0.25) is 0 Å². The molecular formula is C14H10F3N3. The Bertz CT molecular complexity index is 744. The minimum Gasteiger partial charge on any atom is -0.343 e. The maximum atomic E-state index is 13.1. The van der Waals surface area contributed by atoms with Gasteiger partial charge in [-0.2, -0.15) is 0 Å². The molecule has 0 radical (unpaired) electrons. The van der Waals surface area contributed by atoms with Gasteiger partial charge in [0.25, 0.3) is 0 Å². The van der Waals surface area contributed by atoms with Crippen molar-refractivity contribution in [3.63, 3.8) is 0 Å². The van der Waals surface area contributed by atoms with Gasteiger partial charge in [-0.05, 0) is 42.2 Å². The highest BCUT2D eigenvalue weighted by molar-refractivity contribution is 5.70. The molecule has 0 aliphatic heterocycles. The zero-order valence-electron chi connectivity index (χ0n) is 10.3. The zero-order valence-corrected chi connectivity index (χ0v) is 10.3. The van der Waals surface area contributed by atoms with E-state index < -0.39 is 17.5 Å². The minimum atomic E-state index is -1.44. The van der Waals surface area contributed by atoms with Crippen molar-refractivity contribution in [1.82, 2.24) is 15.0 Å². The molecule has 0 unspecified atom stereocenters. The SMILES string of the molecule is Fc1cc(CCc2cnc3nc[nH]c3c2)cc(F)c1F. The van der Waals surface area contributed by atoms with E-state index in [0.29, 0.717) is 24.1 Å². The molecule has 0 saturated carbocycles. The molecule has 0 spiro atoms. The molecular weight excluding hydrogens is 267 g/mol. The molecule has 0 amide bonds. The Morgan fingerprint density at radius 2 is 1.60 bits per heavy atom. The molecule has 3 nitrogen and oxygen atoms in total. The fourth-order valence-corrected chi connectivity index (χ4v) is 2.05. The summed E-state index contributed by atoms with van der Waals surface area (Å²) in [5.41, 5.74) is 2.74. The Hall–Kier alpha value is -2.37. The van der Waals surface area contributed by atoms with Gasteiger partial charge in [-0.25, -0.2) is 23.1 Å². The molecule has 20 heavy (non-hydrogen) atoms. The average Bonchev–Trinajstić information content (AvgIpc) is 2.89. The second-order valence-electron chi connectivity index (χ2n) is 4.49. The largest absolute Gasteiger partial charge is 0.343 e. The lowest BCUT2D eigenvalue weighted by atomic mass is 10.1. The molecule has 0 aliphatic carbocycles. The summed E-state index contributed by atoms with van der Waals surface area (Å²) in [6, 6.07) is 3.91. The smallest absolute Gasteiger partial charge is 0.194 e. The van der Waals surface area contributed by atoms with Gasteiger partial charge in [0.1, 0.15) is 0 Å². The van der Waals surface area contributed by atoms with Gasteiger partial charge in [0.2, 0.25) is 0 Å². The molecule has 0 fully saturated rings. The number of pyridine rings is 1. The van der Waals surface area contributed by atoms with E-state index in [1.54, 1.807) is 12.5 Å². The Kier molecular flexibility index (Phi) is 3.14. The molecule has 0 aliphatic rings. The van der Waals surface area contributed by atoms with Crippen LogP contribution in [0.3, 0.4) is 0 Å². The van der Waals surface area contributed by atoms with Gasteiger partial charge in [0.05, 0.1) is 11.8 Å². The quantitative estimate of drug-likeness (QED) is 0.747. The molecule has 3 aromatic rings. The number of nitrogens with one attached hydrogen (secondary N) is 1. The van der Waals surface area contributed by atoms with E-state index in [4.69, 9.17) is 0 Å². The number of hydrogen-bond donors (Lipinski definition) is 1. The summed E-state index contributed by atoms with van der Waals surface area (Å²) < 4.78 is 39.0. The molecule has 2 aromatic heterocycles. The maximum Gasteiger partial charge on any atom is 0.194 e. The van der Waals surface area contributed by atoms with Crippen LogP contribution in [0.4, 0.5) is 13.2 Å². The molecule has 102 valence electrons. The first-order chi connectivity index (χ1) is 9.63. The summed E-state index contributed by atoms with van der Waals surface area (Å²) in [7, 11) is 0. The number of halogens is 3. The lowest BCUT2D eigenvalue weighted by Crippen LogP contribution is -1.97. The van der Waals surface area contributed by atoms with Gasteiger partial charge in [0, 0.05) is 6.20 Å². The van der Waals surface area contributed by atoms with Gasteiger partial charge in [0.15, 0.2) is 23.1 Å². The topological polar surface area (TPSA) is 41.6 Å². The van der Waals surface area contributed by atoms with Crippen LogP contribution in [-0.2, 0) is 12.8 Å². The number of benzene rings is 1. The summed E-state index contributed by atoms with van der Waals surface area (Å²) in [6.45, 7) is 0. The predicted octanol–water partition coefficient (Wildman–Crippen LogP) is 3.16. The van der Waals surface area contributed by atoms with Crippen LogP contribution >= 0.6 is 0 Å². The Morgan fingerprint density at radius 3 is 2.35 bits per heavy atom. The van der Waals surface area contributed by atoms with E-state index in [-0.39, 0.29) is 0 Å². The van der Waals surface area contributed by atoms with Crippen LogP contribution in [0.1, 0.15) is 11.1 Å². The third kappa shape index (κ3) is 2.36. The van der Waals surface area contributed by atoms with Crippen molar-refractivity contribution >= 4 is 11.2 Å². The normalized spacial score (nSPS) is 11.2. The number of fused-ring (bicyclic) bond motifs is 1. The maximum absolute atomic E-state index is 13.1. The van der Waals surface area contributed by atoms with Crippen LogP contribution in [-0.4, -0.2) is 15.0 Å². The standard InChI is InChI=1S/C14H10F3N3/c15-10-3-8(4-11(16)13(10)17)1-2-9-5-12-14(18-6-9)20-7-19-12/h3-7H,1-2H2,(H,18,19,20). The molecule has 6 heteroatoms. The van der Waals surface area contributed by atoms with Crippen molar-refractivity contribution in [1.29, 1.82) is 0 Å². The first kappa shape index (κ1) is 12.7. The molecule has 0 saturated heterocycles. The number of H-pyrrole nitrogens is 1. The van der Waals surface area contributed by atoms with Crippen LogP contribution in [0.5, 0.6) is 0 Å². The lowest BCUT2D eigenvalue weighted by Gasteiger charge is -2.04. The summed E-state index contributed by atoms with van der Waals surface area (Å²) in [5.74, 6) is -3.77. The van der Waals surface area contributed by atoms with Gasteiger partial charge in [-0.1, -0.05) is 0 Å². The lowest BCUT2D eigenvalue weighted by molar-refractivity contribution is 0.445. The van der Waals surface area contributed by atoms with E-state index >= 15 is 0 Å². The average molecular weight is 277 g/mol. The first-order valence-electron chi connectivity index (χ1n) is 6.05.